The van der Waals surface area contributed by atoms with E-state index >= 15 is 0 Å². The van der Waals surface area contributed by atoms with Crippen LogP contribution < -0.4 is 10.4 Å². The number of hydrogen-bond donors (Lipinski definition) is 0. The standard InChI is InChI=1S/C32H20N4O4/c1-18-11-16-24(38-18)25-26-28(22-9-5-6-10-23(22)39-32(26)37)40-31-27(25)30-34-29(35-36(30)17-33-31)21-14-12-20(13-15-21)19-7-3-2-4-8-19/h2-17,25H,1H3. The van der Waals surface area contributed by atoms with Gasteiger partial charge in [-0.15, -0.1) is 5.10 Å². The normalized spacial score (nSPS) is 14.2. The highest BCUT2D eigenvalue weighted by Gasteiger charge is 2.39. The predicted octanol–water partition coefficient (Wildman–Crippen LogP) is 6.75. The molecular weight excluding hydrogens is 504 g/mol. The molecule has 40 heavy (non-hydrogen) atoms. The van der Waals surface area contributed by atoms with Crippen LogP contribution in [-0.4, -0.2) is 19.6 Å². The minimum atomic E-state index is -0.651. The lowest BCUT2D eigenvalue weighted by Gasteiger charge is -2.25. The Balaban J connectivity index is 1.32. The molecule has 4 aromatic heterocycles. The molecule has 1 aliphatic heterocycles. The fourth-order valence-corrected chi connectivity index (χ4v) is 5.39. The van der Waals surface area contributed by atoms with Gasteiger partial charge in [0.15, 0.2) is 17.2 Å². The van der Waals surface area contributed by atoms with Gasteiger partial charge < -0.3 is 13.6 Å². The van der Waals surface area contributed by atoms with Crippen molar-refractivity contribution in [2.45, 2.75) is 12.8 Å². The van der Waals surface area contributed by atoms with Crippen LogP contribution in [0.3, 0.4) is 0 Å². The monoisotopic (exact) mass is 524 g/mol. The quantitative estimate of drug-likeness (QED) is 0.236. The van der Waals surface area contributed by atoms with Gasteiger partial charge in [-0.1, -0.05) is 66.7 Å². The summed E-state index contributed by atoms with van der Waals surface area (Å²) in [6, 6.07) is 29.3. The predicted molar refractivity (Wildman–Crippen MR) is 149 cm³/mol. The van der Waals surface area contributed by atoms with Crippen LogP contribution in [0.5, 0.6) is 11.6 Å². The van der Waals surface area contributed by atoms with Crippen LogP contribution in [0.25, 0.3) is 39.1 Å². The summed E-state index contributed by atoms with van der Waals surface area (Å²) in [5.74, 6) is 1.91. The zero-order chi connectivity index (χ0) is 26.8. The zero-order valence-electron chi connectivity index (χ0n) is 21.2. The third kappa shape index (κ3) is 3.39. The molecule has 0 spiro atoms. The van der Waals surface area contributed by atoms with E-state index in [0.29, 0.717) is 51.0 Å². The summed E-state index contributed by atoms with van der Waals surface area (Å²) < 4.78 is 19.7. The number of hydrogen-bond acceptors (Lipinski definition) is 7. The molecule has 3 aromatic carbocycles. The van der Waals surface area contributed by atoms with Gasteiger partial charge in [0, 0.05) is 5.56 Å². The highest BCUT2D eigenvalue weighted by Crippen LogP contribution is 2.49. The van der Waals surface area contributed by atoms with E-state index in [1.807, 2.05) is 79.7 Å². The highest BCUT2D eigenvalue weighted by atomic mass is 16.5. The summed E-state index contributed by atoms with van der Waals surface area (Å²) >= 11 is 0. The molecule has 8 heteroatoms. The Labute approximate surface area is 227 Å². The van der Waals surface area contributed by atoms with Gasteiger partial charge in [0.1, 0.15) is 23.4 Å². The molecule has 192 valence electrons. The van der Waals surface area contributed by atoms with E-state index in [0.717, 1.165) is 22.5 Å². The van der Waals surface area contributed by atoms with Crippen LogP contribution in [0, 0.1) is 6.92 Å². The molecule has 0 amide bonds. The molecule has 5 heterocycles. The van der Waals surface area contributed by atoms with Crippen LogP contribution in [0.4, 0.5) is 0 Å². The summed E-state index contributed by atoms with van der Waals surface area (Å²) in [6.45, 7) is 1.86. The number of para-hydroxylation sites is 1. The molecular formula is C32H20N4O4. The van der Waals surface area contributed by atoms with E-state index in [2.05, 4.69) is 17.1 Å². The molecule has 0 saturated heterocycles. The van der Waals surface area contributed by atoms with E-state index in [1.165, 1.54) is 0 Å². The van der Waals surface area contributed by atoms with Crippen molar-refractivity contribution in [1.82, 2.24) is 19.6 Å². The zero-order valence-corrected chi connectivity index (χ0v) is 21.2. The van der Waals surface area contributed by atoms with Gasteiger partial charge in [-0.05, 0) is 42.3 Å². The van der Waals surface area contributed by atoms with Gasteiger partial charge in [0.2, 0.25) is 5.88 Å². The smallest absolute Gasteiger partial charge is 0.344 e. The number of furan rings is 1. The maximum absolute atomic E-state index is 13.4. The van der Waals surface area contributed by atoms with Crippen molar-refractivity contribution in [3.05, 3.63) is 130 Å². The number of aromatic nitrogens is 4. The minimum absolute atomic E-state index is 0.340. The van der Waals surface area contributed by atoms with Crippen molar-refractivity contribution in [3.63, 3.8) is 0 Å². The average Bonchev–Trinajstić information content (AvgIpc) is 3.63. The molecule has 8 nitrogen and oxygen atoms in total. The van der Waals surface area contributed by atoms with Crippen molar-refractivity contribution in [1.29, 1.82) is 0 Å². The van der Waals surface area contributed by atoms with Crippen molar-refractivity contribution in [3.8, 4) is 34.1 Å². The lowest BCUT2D eigenvalue weighted by Crippen LogP contribution is -2.22. The molecule has 1 aliphatic rings. The number of ether oxygens (including phenoxy) is 1. The van der Waals surface area contributed by atoms with Gasteiger partial charge in [0.25, 0.3) is 0 Å². The molecule has 0 bridgehead atoms. The van der Waals surface area contributed by atoms with E-state index in [1.54, 1.807) is 16.9 Å². The number of rotatable bonds is 3. The topological polar surface area (TPSA) is 95.7 Å². The highest BCUT2D eigenvalue weighted by molar-refractivity contribution is 5.86. The molecule has 0 radical (unpaired) electrons. The Morgan fingerprint density at radius 1 is 0.775 bits per heavy atom. The summed E-state index contributed by atoms with van der Waals surface area (Å²) in [6.07, 6.45) is 1.58. The van der Waals surface area contributed by atoms with E-state index < -0.39 is 11.5 Å². The fourth-order valence-electron chi connectivity index (χ4n) is 5.39. The van der Waals surface area contributed by atoms with Gasteiger partial charge >= 0.3 is 5.63 Å². The van der Waals surface area contributed by atoms with Crippen LogP contribution in [0.2, 0.25) is 0 Å². The first-order valence-electron chi connectivity index (χ1n) is 12.8. The SMILES string of the molecule is Cc1ccc(C2c3c(c4ccccc4oc3=O)Oc3ncn4nc(-c5ccc(-c6ccccc6)cc5)nc4c32)o1. The Morgan fingerprint density at radius 2 is 1.52 bits per heavy atom. The van der Waals surface area contributed by atoms with Gasteiger partial charge in [-0.3, -0.25) is 0 Å². The van der Waals surface area contributed by atoms with Crippen LogP contribution in [-0.2, 0) is 0 Å². The number of benzene rings is 3. The molecule has 8 rings (SSSR count). The Bertz CT molecular complexity index is 2130. The first-order valence-corrected chi connectivity index (χ1v) is 12.8. The molecule has 0 aliphatic carbocycles. The average molecular weight is 525 g/mol. The van der Waals surface area contributed by atoms with Crippen LogP contribution in [0.15, 0.2) is 111 Å². The maximum atomic E-state index is 13.4. The summed E-state index contributed by atoms with van der Waals surface area (Å²) in [5, 5.41) is 5.39. The lowest BCUT2D eigenvalue weighted by molar-refractivity contribution is 0.402. The first-order chi connectivity index (χ1) is 19.6. The van der Waals surface area contributed by atoms with Crippen molar-refractivity contribution in [2.75, 3.05) is 0 Å². The van der Waals surface area contributed by atoms with Crippen LogP contribution >= 0.6 is 0 Å². The number of fused-ring (bicyclic) bond motifs is 6. The van der Waals surface area contributed by atoms with Crippen molar-refractivity contribution in [2.24, 2.45) is 0 Å². The van der Waals surface area contributed by atoms with Crippen molar-refractivity contribution >= 4 is 16.6 Å². The Kier molecular flexibility index (Phi) is 4.78. The third-order valence-corrected chi connectivity index (χ3v) is 7.26. The molecule has 1 atom stereocenters. The van der Waals surface area contributed by atoms with Gasteiger partial charge in [-0.25, -0.2) is 19.3 Å². The Morgan fingerprint density at radius 3 is 2.33 bits per heavy atom. The fraction of sp³-hybridized carbons (Fsp3) is 0.0625. The van der Waals surface area contributed by atoms with E-state index in [-0.39, 0.29) is 0 Å². The third-order valence-electron chi connectivity index (χ3n) is 7.26. The summed E-state index contributed by atoms with van der Waals surface area (Å²) in [5.41, 5.74) is 4.47. The lowest BCUT2D eigenvalue weighted by atomic mass is 9.88. The van der Waals surface area contributed by atoms with Crippen LogP contribution in [0.1, 0.15) is 28.6 Å². The van der Waals surface area contributed by atoms with E-state index in [4.69, 9.17) is 23.7 Å². The summed E-state index contributed by atoms with van der Waals surface area (Å²) in [7, 11) is 0. The summed E-state index contributed by atoms with van der Waals surface area (Å²) in [4.78, 5) is 22.9. The van der Waals surface area contributed by atoms with E-state index in [9.17, 15) is 4.79 Å². The second-order valence-corrected chi connectivity index (χ2v) is 9.72. The molecule has 0 fully saturated rings. The second kappa shape index (κ2) is 8.51. The van der Waals surface area contributed by atoms with Gasteiger partial charge in [-0.2, -0.15) is 0 Å². The molecule has 0 saturated carbocycles. The molecule has 0 N–H and O–H groups in total. The molecule has 7 aromatic rings. The minimum Gasteiger partial charge on any atom is -0.465 e. The van der Waals surface area contributed by atoms with Gasteiger partial charge in [0.05, 0.1) is 22.4 Å². The first kappa shape index (κ1) is 22.5. The Hall–Kier alpha value is -5.50. The molecule has 1 unspecified atom stereocenters. The largest absolute Gasteiger partial charge is 0.465 e. The van der Waals surface area contributed by atoms with Crippen molar-refractivity contribution < 1.29 is 13.6 Å². The second-order valence-electron chi connectivity index (χ2n) is 9.72. The number of nitrogens with zero attached hydrogens (tertiary/aromatic N) is 4. The maximum Gasteiger partial charge on any atom is 0.344 e. The number of aryl methyl sites for hydroxylation is 1.